The Labute approximate surface area is 183 Å². The van der Waals surface area contributed by atoms with E-state index in [0.29, 0.717) is 3.57 Å². The summed E-state index contributed by atoms with van der Waals surface area (Å²) in [5, 5.41) is 23.5. The van der Waals surface area contributed by atoms with E-state index in [4.69, 9.17) is 5.11 Å². The van der Waals surface area contributed by atoms with Crippen LogP contribution in [0.25, 0.3) is 0 Å². The number of hydrogen-bond acceptors (Lipinski definition) is 4. The zero-order chi connectivity index (χ0) is 22.1. The molecule has 0 saturated carbocycles. The normalized spacial score (nSPS) is 14.8. The van der Waals surface area contributed by atoms with E-state index in [1.165, 1.54) is 17.0 Å². The molecule has 3 rings (SSSR count). The van der Waals surface area contributed by atoms with Crippen LogP contribution in [0.3, 0.4) is 0 Å². The van der Waals surface area contributed by atoms with Gasteiger partial charge in [0.15, 0.2) is 11.6 Å². The second-order valence-electron chi connectivity index (χ2n) is 6.90. The van der Waals surface area contributed by atoms with Crippen LogP contribution >= 0.6 is 22.6 Å². The fourth-order valence-corrected chi connectivity index (χ4v) is 3.57. The van der Waals surface area contributed by atoms with Gasteiger partial charge in [0.1, 0.15) is 11.4 Å². The summed E-state index contributed by atoms with van der Waals surface area (Å²) in [5.41, 5.74) is -2.15. The van der Waals surface area contributed by atoms with Gasteiger partial charge in [-0.15, -0.1) is 0 Å². The topological polar surface area (TPSA) is 102 Å². The Hall–Kier alpha value is -2.54. The molecule has 0 radical (unpaired) electrons. The predicted molar refractivity (Wildman–Crippen MR) is 110 cm³/mol. The highest BCUT2D eigenvalue weighted by atomic mass is 127. The molecule has 30 heavy (non-hydrogen) atoms. The molecule has 7 nitrogen and oxygen atoms in total. The number of carboxylic acid groups (broad SMARTS) is 1. The summed E-state index contributed by atoms with van der Waals surface area (Å²) in [7, 11) is 0. The highest BCUT2D eigenvalue weighted by Crippen LogP contribution is 2.32. The predicted octanol–water partition coefficient (Wildman–Crippen LogP) is 3.30. The maximum Gasteiger partial charge on any atom is 0.404 e. The molecule has 2 aromatic rings. The molecule has 1 aliphatic rings. The molecule has 0 bridgehead atoms. The molecule has 160 valence electrons. The van der Waals surface area contributed by atoms with Crippen LogP contribution in [-0.4, -0.2) is 52.3 Å². The first-order chi connectivity index (χ1) is 14.1. The van der Waals surface area contributed by atoms with E-state index in [2.05, 4.69) is 10.6 Å². The smallest absolute Gasteiger partial charge is 0.404 e. The van der Waals surface area contributed by atoms with E-state index < -0.39 is 40.7 Å². The van der Waals surface area contributed by atoms with Crippen molar-refractivity contribution in [2.24, 2.45) is 0 Å². The molecule has 1 fully saturated rings. The number of aliphatic hydroxyl groups is 1. The Morgan fingerprint density at radius 3 is 2.47 bits per heavy atom. The molecule has 11 heteroatoms. The van der Waals surface area contributed by atoms with Crippen LogP contribution in [0.5, 0.6) is 0 Å². The van der Waals surface area contributed by atoms with Gasteiger partial charge in [-0.1, -0.05) is 0 Å². The number of anilines is 2. The molecule has 1 saturated heterocycles. The second kappa shape index (κ2) is 8.68. The molecule has 1 aliphatic heterocycles. The summed E-state index contributed by atoms with van der Waals surface area (Å²) in [6.45, 7) is -0.217. The Balaban J connectivity index is 1.79. The number of carbonyl (C=O) groups excluding carboxylic acids is 1. The highest BCUT2D eigenvalue weighted by molar-refractivity contribution is 14.1. The largest absolute Gasteiger partial charge is 0.465 e. The number of β-amino-alcohol motifs (C(OH)–C–C–N with tert-alkyl or cyclic N) is 1. The molecule has 2 amide bonds. The SMILES string of the molecule is O=C(O)NCCC1(O)CN(C(=O)c2ccc(F)c(F)c2Nc2ccc(I)cc2F)C1. The van der Waals surface area contributed by atoms with Crippen LogP contribution < -0.4 is 10.6 Å². The van der Waals surface area contributed by atoms with E-state index in [0.717, 1.165) is 12.1 Å². The van der Waals surface area contributed by atoms with Crippen LogP contribution in [-0.2, 0) is 0 Å². The zero-order valence-corrected chi connectivity index (χ0v) is 17.5. The lowest BCUT2D eigenvalue weighted by Crippen LogP contribution is -2.64. The van der Waals surface area contributed by atoms with Gasteiger partial charge in [-0.3, -0.25) is 4.79 Å². The molecule has 0 unspecified atom stereocenters. The van der Waals surface area contributed by atoms with E-state index >= 15 is 0 Å². The molecule has 1 heterocycles. The number of likely N-dealkylation sites (tertiary alicyclic amines) is 1. The van der Waals surface area contributed by atoms with Gasteiger partial charge in [-0.2, -0.15) is 0 Å². The first-order valence-corrected chi connectivity index (χ1v) is 9.86. The highest BCUT2D eigenvalue weighted by Gasteiger charge is 2.44. The summed E-state index contributed by atoms with van der Waals surface area (Å²) < 4.78 is 43.0. The average Bonchev–Trinajstić information content (AvgIpc) is 2.64. The van der Waals surface area contributed by atoms with Gasteiger partial charge >= 0.3 is 6.09 Å². The van der Waals surface area contributed by atoms with E-state index in [1.807, 2.05) is 22.6 Å². The summed E-state index contributed by atoms with van der Waals surface area (Å²) in [6.07, 6.45) is -1.15. The molecule has 0 spiro atoms. The first-order valence-electron chi connectivity index (χ1n) is 8.78. The standard InChI is InChI=1S/C19H17F3IN3O4/c20-12-3-2-11(16(15(12)22)25-14-4-1-10(23)7-13(14)21)17(27)26-8-19(30,9-26)5-6-24-18(28)29/h1-4,7,24-25,30H,5-6,8-9H2,(H,28,29). The summed E-state index contributed by atoms with van der Waals surface area (Å²) >= 11 is 1.90. The maximum absolute atomic E-state index is 14.5. The molecular weight excluding hydrogens is 518 g/mol. The molecular formula is C19H17F3IN3O4. The number of hydrogen-bond donors (Lipinski definition) is 4. The molecule has 0 atom stereocenters. The third kappa shape index (κ3) is 4.78. The maximum atomic E-state index is 14.5. The van der Waals surface area contributed by atoms with Gasteiger partial charge in [-0.25, -0.2) is 18.0 Å². The molecule has 2 aromatic carbocycles. The number of carbonyl (C=O) groups is 2. The zero-order valence-electron chi connectivity index (χ0n) is 15.4. The van der Waals surface area contributed by atoms with E-state index in [-0.39, 0.29) is 37.3 Å². The lowest BCUT2D eigenvalue weighted by atomic mass is 9.89. The third-order valence-corrected chi connectivity index (χ3v) is 5.31. The van der Waals surface area contributed by atoms with Crippen LogP contribution in [0.1, 0.15) is 16.8 Å². The van der Waals surface area contributed by atoms with Crippen molar-refractivity contribution < 1.29 is 33.0 Å². The number of rotatable bonds is 6. The Bertz CT molecular complexity index is 999. The van der Waals surface area contributed by atoms with Crippen molar-refractivity contribution in [2.45, 2.75) is 12.0 Å². The van der Waals surface area contributed by atoms with Crippen molar-refractivity contribution in [1.29, 1.82) is 0 Å². The number of nitrogens with one attached hydrogen (secondary N) is 2. The van der Waals surface area contributed by atoms with Gasteiger partial charge < -0.3 is 25.7 Å². The first kappa shape index (κ1) is 22.2. The van der Waals surface area contributed by atoms with E-state index in [9.17, 15) is 27.9 Å². The fraction of sp³-hybridized carbons (Fsp3) is 0.263. The fourth-order valence-electron chi connectivity index (χ4n) is 3.12. The number of nitrogens with zero attached hydrogens (tertiary/aromatic N) is 1. The minimum Gasteiger partial charge on any atom is -0.465 e. The molecule has 4 N–H and O–H groups in total. The van der Waals surface area contributed by atoms with Crippen LogP contribution in [0.15, 0.2) is 30.3 Å². The molecule has 0 aliphatic carbocycles. The van der Waals surface area contributed by atoms with Crippen LogP contribution in [0, 0.1) is 21.0 Å². The lowest BCUT2D eigenvalue weighted by Gasteiger charge is -2.46. The van der Waals surface area contributed by atoms with Gasteiger partial charge in [0, 0.05) is 10.1 Å². The third-order valence-electron chi connectivity index (χ3n) is 4.64. The monoisotopic (exact) mass is 535 g/mol. The lowest BCUT2D eigenvalue weighted by molar-refractivity contribution is -0.0848. The Morgan fingerprint density at radius 2 is 1.83 bits per heavy atom. The minimum atomic E-state index is -1.33. The average molecular weight is 535 g/mol. The summed E-state index contributed by atoms with van der Waals surface area (Å²) in [6, 6.07) is 5.97. The van der Waals surface area contributed by atoms with E-state index in [1.54, 1.807) is 6.07 Å². The van der Waals surface area contributed by atoms with Crippen LogP contribution in [0.2, 0.25) is 0 Å². The second-order valence-corrected chi connectivity index (χ2v) is 8.15. The number of benzene rings is 2. The van der Waals surface area contributed by atoms with Crippen molar-refractivity contribution >= 4 is 46.0 Å². The molecule has 0 aromatic heterocycles. The Kier molecular flexibility index (Phi) is 6.41. The number of amides is 2. The van der Waals surface area contributed by atoms with Gasteiger partial charge in [0.05, 0.1) is 30.0 Å². The van der Waals surface area contributed by atoms with Crippen molar-refractivity contribution in [1.82, 2.24) is 10.2 Å². The van der Waals surface area contributed by atoms with Crippen molar-refractivity contribution in [2.75, 3.05) is 25.0 Å². The van der Waals surface area contributed by atoms with Crippen molar-refractivity contribution in [3.05, 3.63) is 56.9 Å². The van der Waals surface area contributed by atoms with Crippen molar-refractivity contribution in [3.63, 3.8) is 0 Å². The Morgan fingerprint density at radius 1 is 1.13 bits per heavy atom. The number of halogens is 4. The van der Waals surface area contributed by atoms with Gasteiger partial charge in [0.25, 0.3) is 5.91 Å². The van der Waals surface area contributed by atoms with Crippen molar-refractivity contribution in [3.8, 4) is 0 Å². The summed E-state index contributed by atoms with van der Waals surface area (Å²) in [4.78, 5) is 24.5. The van der Waals surface area contributed by atoms with Crippen LogP contribution in [0.4, 0.5) is 29.3 Å². The van der Waals surface area contributed by atoms with Gasteiger partial charge in [0.2, 0.25) is 0 Å². The van der Waals surface area contributed by atoms with Gasteiger partial charge in [-0.05, 0) is 59.3 Å². The minimum absolute atomic E-state index is 0.00205. The summed E-state index contributed by atoms with van der Waals surface area (Å²) in [5.74, 6) is -3.92. The quantitative estimate of drug-likeness (QED) is 0.426.